The SMILES string of the molecule is CN=C(NCCCOCC(F)(F)F)NCc1ccc(F)cc1C(F)(F)F. The van der Waals surface area contributed by atoms with Gasteiger partial charge in [-0.1, -0.05) is 6.07 Å². The Balaban J connectivity index is 2.46. The van der Waals surface area contributed by atoms with Crippen LogP contribution in [0.15, 0.2) is 23.2 Å². The minimum atomic E-state index is -4.70. The highest BCUT2D eigenvalue weighted by Crippen LogP contribution is 2.32. The van der Waals surface area contributed by atoms with Crippen LogP contribution in [0.1, 0.15) is 17.5 Å². The van der Waals surface area contributed by atoms with Crippen molar-refractivity contribution >= 4 is 5.96 Å². The smallest absolute Gasteiger partial charge is 0.372 e. The van der Waals surface area contributed by atoms with Crippen molar-refractivity contribution < 1.29 is 35.5 Å². The van der Waals surface area contributed by atoms with Gasteiger partial charge in [0.15, 0.2) is 5.96 Å². The minimum absolute atomic E-state index is 0.139. The first kappa shape index (κ1) is 22.0. The Morgan fingerprint density at radius 1 is 1.12 bits per heavy atom. The molecular weight excluding hydrogens is 371 g/mol. The van der Waals surface area contributed by atoms with Gasteiger partial charge < -0.3 is 15.4 Å². The van der Waals surface area contributed by atoms with Crippen molar-refractivity contribution in [3.8, 4) is 0 Å². The van der Waals surface area contributed by atoms with Crippen LogP contribution in [0.3, 0.4) is 0 Å². The lowest BCUT2D eigenvalue weighted by atomic mass is 10.1. The number of halogens is 7. The summed E-state index contributed by atoms with van der Waals surface area (Å²) in [6, 6.07) is 2.34. The predicted octanol–water partition coefficient (Wildman–Crippen LogP) is 3.48. The van der Waals surface area contributed by atoms with Crippen molar-refractivity contribution in [2.45, 2.75) is 25.3 Å². The van der Waals surface area contributed by atoms with E-state index >= 15 is 0 Å². The molecule has 1 rings (SSSR count). The molecule has 0 aliphatic rings. The summed E-state index contributed by atoms with van der Waals surface area (Å²) in [5, 5.41) is 5.36. The molecule has 0 radical (unpaired) electrons. The lowest BCUT2D eigenvalue weighted by Gasteiger charge is -2.16. The third-order valence-corrected chi connectivity index (χ3v) is 3.07. The highest BCUT2D eigenvalue weighted by atomic mass is 19.4. The Morgan fingerprint density at radius 3 is 2.38 bits per heavy atom. The number of hydrogen-bond donors (Lipinski definition) is 2. The summed E-state index contributed by atoms with van der Waals surface area (Å²) in [6.45, 7) is -1.54. The van der Waals surface area contributed by atoms with E-state index in [9.17, 15) is 30.7 Å². The Morgan fingerprint density at radius 2 is 1.81 bits per heavy atom. The molecule has 0 bridgehead atoms. The first-order chi connectivity index (χ1) is 12.0. The summed E-state index contributed by atoms with van der Waals surface area (Å²) in [5.41, 5.74) is -1.27. The molecule has 26 heavy (non-hydrogen) atoms. The number of rotatable bonds is 7. The number of guanidine groups is 1. The van der Waals surface area contributed by atoms with Crippen LogP contribution in [0.5, 0.6) is 0 Å². The number of aliphatic imine (C=N–C) groups is 1. The van der Waals surface area contributed by atoms with Crippen LogP contribution < -0.4 is 10.6 Å². The van der Waals surface area contributed by atoms with E-state index in [2.05, 4.69) is 20.4 Å². The van der Waals surface area contributed by atoms with Gasteiger partial charge in [-0.05, 0) is 24.1 Å². The van der Waals surface area contributed by atoms with Gasteiger partial charge in [0, 0.05) is 26.7 Å². The average Bonchev–Trinajstić information content (AvgIpc) is 2.52. The maximum absolute atomic E-state index is 13.0. The standard InChI is InChI=1S/C15H18F7N3O/c1-23-13(24-5-2-6-26-9-14(17,18)19)25-8-10-3-4-11(16)7-12(10)15(20,21)22/h3-4,7H,2,5-6,8-9H2,1H3,(H2,23,24,25). The third kappa shape index (κ3) is 8.37. The summed E-state index contributed by atoms with van der Waals surface area (Å²) in [7, 11) is 1.38. The highest BCUT2D eigenvalue weighted by molar-refractivity contribution is 5.79. The van der Waals surface area contributed by atoms with Crippen molar-refractivity contribution in [1.82, 2.24) is 10.6 Å². The van der Waals surface area contributed by atoms with Crippen LogP contribution in [0.4, 0.5) is 30.7 Å². The Labute approximate surface area is 145 Å². The first-order valence-corrected chi connectivity index (χ1v) is 7.47. The lowest BCUT2D eigenvalue weighted by molar-refractivity contribution is -0.173. The van der Waals surface area contributed by atoms with Crippen molar-refractivity contribution in [2.24, 2.45) is 4.99 Å². The van der Waals surface area contributed by atoms with Gasteiger partial charge in [0.1, 0.15) is 12.4 Å². The van der Waals surface area contributed by atoms with Crippen molar-refractivity contribution in [3.63, 3.8) is 0 Å². The van der Waals surface area contributed by atoms with Gasteiger partial charge in [0.05, 0.1) is 5.56 Å². The van der Waals surface area contributed by atoms with Crippen molar-refractivity contribution in [2.75, 3.05) is 26.8 Å². The lowest BCUT2D eigenvalue weighted by Crippen LogP contribution is -2.38. The van der Waals surface area contributed by atoms with Crippen LogP contribution in [0.25, 0.3) is 0 Å². The summed E-state index contributed by atoms with van der Waals surface area (Å²) in [4.78, 5) is 3.79. The molecule has 0 spiro atoms. The van der Waals surface area contributed by atoms with Gasteiger partial charge in [0.25, 0.3) is 0 Å². The monoisotopic (exact) mass is 389 g/mol. The summed E-state index contributed by atoms with van der Waals surface area (Å²) in [5.74, 6) is -0.847. The number of alkyl halides is 6. The molecule has 0 fully saturated rings. The second-order valence-electron chi connectivity index (χ2n) is 5.17. The maximum Gasteiger partial charge on any atom is 0.416 e. The zero-order valence-electron chi connectivity index (χ0n) is 13.8. The molecule has 0 saturated carbocycles. The number of ether oxygens (including phenoxy) is 1. The molecule has 4 nitrogen and oxygen atoms in total. The van der Waals surface area contributed by atoms with E-state index in [-0.39, 0.29) is 37.6 Å². The van der Waals surface area contributed by atoms with E-state index < -0.39 is 30.3 Å². The second kappa shape index (κ2) is 9.60. The quantitative estimate of drug-likeness (QED) is 0.325. The predicted molar refractivity (Wildman–Crippen MR) is 81.1 cm³/mol. The number of benzene rings is 1. The van der Waals surface area contributed by atoms with E-state index in [4.69, 9.17) is 0 Å². The molecule has 11 heteroatoms. The molecule has 0 aliphatic heterocycles. The van der Waals surface area contributed by atoms with Crippen molar-refractivity contribution in [1.29, 1.82) is 0 Å². The molecule has 0 aromatic heterocycles. The highest BCUT2D eigenvalue weighted by Gasteiger charge is 2.33. The van der Waals surface area contributed by atoms with E-state index in [1.165, 1.54) is 7.05 Å². The normalized spacial score (nSPS) is 13.0. The maximum atomic E-state index is 13.0. The zero-order chi connectivity index (χ0) is 19.8. The molecule has 148 valence electrons. The average molecular weight is 389 g/mol. The zero-order valence-corrected chi connectivity index (χ0v) is 13.8. The summed E-state index contributed by atoms with van der Waals surface area (Å²) >= 11 is 0. The van der Waals surface area contributed by atoms with Gasteiger partial charge >= 0.3 is 12.4 Å². The first-order valence-electron chi connectivity index (χ1n) is 7.47. The molecule has 0 heterocycles. The Kier molecular flexibility index (Phi) is 8.12. The van der Waals surface area contributed by atoms with E-state index in [0.717, 1.165) is 12.1 Å². The van der Waals surface area contributed by atoms with Crippen LogP contribution >= 0.6 is 0 Å². The van der Waals surface area contributed by atoms with E-state index in [1.807, 2.05) is 0 Å². The molecule has 0 unspecified atom stereocenters. The van der Waals surface area contributed by atoms with Gasteiger partial charge in [-0.3, -0.25) is 4.99 Å². The Hall–Kier alpha value is -2.04. The number of nitrogens with zero attached hydrogens (tertiary/aromatic N) is 1. The fraction of sp³-hybridized carbons (Fsp3) is 0.533. The van der Waals surface area contributed by atoms with E-state index in [1.54, 1.807) is 0 Å². The minimum Gasteiger partial charge on any atom is -0.372 e. The molecule has 0 aliphatic carbocycles. The molecule has 0 atom stereocenters. The largest absolute Gasteiger partial charge is 0.416 e. The van der Waals surface area contributed by atoms with Crippen LogP contribution in [-0.4, -0.2) is 38.9 Å². The molecule has 1 aromatic rings. The van der Waals surface area contributed by atoms with Gasteiger partial charge in [0.2, 0.25) is 0 Å². The number of nitrogens with one attached hydrogen (secondary N) is 2. The fourth-order valence-electron chi connectivity index (χ4n) is 1.94. The molecular formula is C15H18F7N3O. The number of hydrogen-bond acceptors (Lipinski definition) is 2. The van der Waals surface area contributed by atoms with Crippen molar-refractivity contribution in [3.05, 3.63) is 35.1 Å². The Bertz CT molecular complexity index is 600. The summed E-state index contributed by atoms with van der Waals surface area (Å²) in [6.07, 6.45) is -8.86. The third-order valence-electron chi connectivity index (χ3n) is 3.07. The van der Waals surface area contributed by atoms with Gasteiger partial charge in [-0.15, -0.1) is 0 Å². The van der Waals surface area contributed by atoms with Crippen LogP contribution in [0, 0.1) is 5.82 Å². The molecule has 1 aromatic carbocycles. The second-order valence-corrected chi connectivity index (χ2v) is 5.17. The van der Waals surface area contributed by atoms with Crippen LogP contribution in [0.2, 0.25) is 0 Å². The van der Waals surface area contributed by atoms with Gasteiger partial charge in [-0.25, -0.2) is 4.39 Å². The molecule has 0 saturated heterocycles. The summed E-state index contributed by atoms with van der Waals surface area (Å²) < 4.78 is 91.8. The molecule has 0 amide bonds. The van der Waals surface area contributed by atoms with Crippen LogP contribution in [-0.2, 0) is 17.5 Å². The fourth-order valence-corrected chi connectivity index (χ4v) is 1.94. The van der Waals surface area contributed by atoms with E-state index in [0.29, 0.717) is 6.07 Å². The topological polar surface area (TPSA) is 45.7 Å². The molecule has 2 N–H and O–H groups in total. The van der Waals surface area contributed by atoms with Gasteiger partial charge in [-0.2, -0.15) is 26.3 Å².